The van der Waals surface area contributed by atoms with Gasteiger partial charge in [-0.1, -0.05) is 0 Å². The molecule has 20 heavy (non-hydrogen) atoms. The molecule has 1 aliphatic rings. The predicted molar refractivity (Wildman–Crippen MR) is 76.1 cm³/mol. The molecule has 1 heterocycles. The standard InChI is InChI=1S/C15H19N3O2/c16-8-1-9-18-10-6-12(7-11-18)15(20)17-13-2-4-14(19)5-3-13/h2-5,12,19H,1,6-7,9-11H2,(H,17,20). The molecule has 1 amide bonds. The number of nitrogens with one attached hydrogen (secondary N) is 1. The van der Waals surface area contributed by atoms with Gasteiger partial charge in [-0.25, -0.2) is 0 Å². The number of rotatable bonds is 4. The molecule has 5 nitrogen and oxygen atoms in total. The zero-order valence-electron chi connectivity index (χ0n) is 11.4. The summed E-state index contributed by atoms with van der Waals surface area (Å²) in [6.07, 6.45) is 2.20. The maximum Gasteiger partial charge on any atom is 0.227 e. The molecular weight excluding hydrogens is 254 g/mol. The second kappa shape index (κ2) is 6.92. The number of anilines is 1. The van der Waals surface area contributed by atoms with Gasteiger partial charge in [0.1, 0.15) is 5.75 Å². The predicted octanol–water partition coefficient (Wildman–Crippen LogP) is 1.96. The number of amides is 1. The Kier molecular flexibility index (Phi) is 4.97. The van der Waals surface area contributed by atoms with Gasteiger partial charge in [-0.3, -0.25) is 4.79 Å². The minimum atomic E-state index is 0.0298. The molecule has 2 N–H and O–H groups in total. The van der Waals surface area contributed by atoms with Crippen molar-refractivity contribution >= 4 is 11.6 Å². The van der Waals surface area contributed by atoms with E-state index < -0.39 is 0 Å². The van der Waals surface area contributed by atoms with E-state index in [0.29, 0.717) is 12.1 Å². The molecule has 0 atom stereocenters. The van der Waals surface area contributed by atoms with E-state index in [2.05, 4.69) is 16.3 Å². The monoisotopic (exact) mass is 273 g/mol. The lowest BCUT2D eigenvalue weighted by Gasteiger charge is -2.30. The highest BCUT2D eigenvalue weighted by Crippen LogP contribution is 2.20. The third kappa shape index (κ3) is 3.97. The number of nitrogens with zero attached hydrogens (tertiary/aromatic N) is 2. The van der Waals surface area contributed by atoms with Crippen LogP contribution in [0, 0.1) is 17.2 Å². The average molecular weight is 273 g/mol. The van der Waals surface area contributed by atoms with Gasteiger partial charge in [0, 0.05) is 24.6 Å². The smallest absolute Gasteiger partial charge is 0.227 e. The lowest BCUT2D eigenvalue weighted by atomic mass is 9.95. The SMILES string of the molecule is N#CCCN1CCC(C(=O)Nc2ccc(O)cc2)CC1. The highest BCUT2D eigenvalue weighted by Gasteiger charge is 2.24. The molecule has 1 aliphatic heterocycles. The fourth-order valence-electron chi connectivity index (χ4n) is 2.42. The Bertz CT molecular complexity index is 485. The first kappa shape index (κ1) is 14.4. The van der Waals surface area contributed by atoms with E-state index in [1.165, 1.54) is 0 Å². The van der Waals surface area contributed by atoms with Gasteiger partial charge in [0.25, 0.3) is 0 Å². The van der Waals surface area contributed by atoms with Crippen LogP contribution in [0.1, 0.15) is 19.3 Å². The average Bonchev–Trinajstić information content (AvgIpc) is 2.48. The number of nitriles is 1. The van der Waals surface area contributed by atoms with Crippen LogP contribution in [-0.4, -0.2) is 35.5 Å². The van der Waals surface area contributed by atoms with E-state index in [0.717, 1.165) is 32.5 Å². The first-order valence-corrected chi connectivity index (χ1v) is 6.88. The van der Waals surface area contributed by atoms with Gasteiger partial charge >= 0.3 is 0 Å². The third-order valence-corrected chi connectivity index (χ3v) is 3.63. The van der Waals surface area contributed by atoms with Crippen molar-refractivity contribution in [2.45, 2.75) is 19.3 Å². The summed E-state index contributed by atoms with van der Waals surface area (Å²) in [6, 6.07) is 8.64. The maximum atomic E-state index is 12.1. The molecule has 0 aromatic heterocycles. The third-order valence-electron chi connectivity index (χ3n) is 3.63. The molecule has 0 spiro atoms. The lowest BCUT2D eigenvalue weighted by molar-refractivity contribution is -0.121. The largest absolute Gasteiger partial charge is 0.508 e. The maximum absolute atomic E-state index is 12.1. The van der Waals surface area contributed by atoms with Crippen LogP contribution in [-0.2, 0) is 4.79 Å². The van der Waals surface area contributed by atoms with Gasteiger partial charge < -0.3 is 15.3 Å². The molecule has 0 saturated carbocycles. The number of piperidine rings is 1. The Hall–Kier alpha value is -2.06. The number of carbonyl (C=O) groups is 1. The van der Waals surface area contributed by atoms with Gasteiger partial charge in [0.2, 0.25) is 5.91 Å². The highest BCUT2D eigenvalue weighted by molar-refractivity contribution is 5.92. The van der Waals surface area contributed by atoms with E-state index in [1.807, 2.05) is 0 Å². The van der Waals surface area contributed by atoms with Crippen molar-refractivity contribution in [3.05, 3.63) is 24.3 Å². The van der Waals surface area contributed by atoms with Crippen LogP contribution in [0.4, 0.5) is 5.69 Å². The normalized spacial score (nSPS) is 16.6. The second-order valence-corrected chi connectivity index (χ2v) is 5.06. The number of phenolic OH excluding ortho intramolecular Hbond substituents is 1. The molecular formula is C15H19N3O2. The topological polar surface area (TPSA) is 76.4 Å². The van der Waals surface area contributed by atoms with E-state index in [9.17, 15) is 9.90 Å². The van der Waals surface area contributed by atoms with Crippen LogP contribution in [0.25, 0.3) is 0 Å². The fourth-order valence-corrected chi connectivity index (χ4v) is 2.42. The van der Waals surface area contributed by atoms with Crippen molar-refractivity contribution in [2.24, 2.45) is 5.92 Å². The Labute approximate surface area is 118 Å². The van der Waals surface area contributed by atoms with Gasteiger partial charge in [-0.15, -0.1) is 0 Å². The zero-order valence-corrected chi connectivity index (χ0v) is 11.4. The second-order valence-electron chi connectivity index (χ2n) is 5.06. The Morgan fingerprint density at radius 1 is 1.35 bits per heavy atom. The van der Waals surface area contributed by atoms with Crippen LogP contribution in [0.2, 0.25) is 0 Å². The molecule has 5 heteroatoms. The van der Waals surface area contributed by atoms with Crippen molar-refractivity contribution in [2.75, 3.05) is 25.0 Å². The highest BCUT2D eigenvalue weighted by atomic mass is 16.3. The summed E-state index contributed by atoms with van der Waals surface area (Å²) in [4.78, 5) is 14.4. The van der Waals surface area contributed by atoms with Crippen molar-refractivity contribution in [1.29, 1.82) is 5.26 Å². The molecule has 1 aromatic rings. The Balaban J connectivity index is 1.80. The van der Waals surface area contributed by atoms with E-state index in [1.54, 1.807) is 24.3 Å². The molecule has 1 aromatic carbocycles. The Morgan fingerprint density at radius 2 is 2.00 bits per heavy atom. The number of hydrogen-bond donors (Lipinski definition) is 2. The summed E-state index contributed by atoms with van der Waals surface area (Å²) in [5.74, 6) is 0.256. The lowest BCUT2D eigenvalue weighted by Crippen LogP contribution is -2.38. The zero-order chi connectivity index (χ0) is 14.4. The summed E-state index contributed by atoms with van der Waals surface area (Å²) in [5, 5.41) is 20.6. The van der Waals surface area contributed by atoms with Crippen molar-refractivity contribution < 1.29 is 9.90 Å². The molecule has 2 rings (SSSR count). The van der Waals surface area contributed by atoms with Crippen LogP contribution in [0.15, 0.2) is 24.3 Å². The van der Waals surface area contributed by atoms with Crippen molar-refractivity contribution in [1.82, 2.24) is 4.90 Å². The fraction of sp³-hybridized carbons (Fsp3) is 0.467. The molecule has 0 bridgehead atoms. The quantitative estimate of drug-likeness (QED) is 0.822. The number of phenols is 1. The summed E-state index contributed by atoms with van der Waals surface area (Å²) >= 11 is 0. The number of carbonyl (C=O) groups excluding carboxylic acids is 1. The molecule has 0 unspecified atom stereocenters. The van der Waals surface area contributed by atoms with Gasteiger partial charge in [0.05, 0.1) is 6.07 Å². The van der Waals surface area contributed by atoms with Crippen molar-refractivity contribution in [3.63, 3.8) is 0 Å². The van der Waals surface area contributed by atoms with Crippen LogP contribution in [0.5, 0.6) is 5.75 Å². The number of likely N-dealkylation sites (tertiary alicyclic amines) is 1. The summed E-state index contributed by atoms with van der Waals surface area (Å²) in [6.45, 7) is 2.54. The molecule has 0 aliphatic carbocycles. The minimum Gasteiger partial charge on any atom is -0.508 e. The van der Waals surface area contributed by atoms with Crippen LogP contribution < -0.4 is 5.32 Å². The van der Waals surface area contributed by atoms with Gasteiger partial charge in [-0.2, -0.15) is 5.26 Å². The summed E-state index contributed by atoms with van der Waals surface area (Å²) in [7, 11) is 0. The molecule has 0 radical (unpaired) electrons. The van der Waals surface area contributed by atoms with E-state index in [-0.39, 0.29) is 17.6 Å². The van der Waals surface area contributed by atoms with Crippen LogP contribution >= 0.6 is 0 Å². The number of hydrogen-bond acceptors (Lipinski definition) is 4. The van der Waals surface area contributed by atoms with Gasteiger partial charge in [0.15, 0.2) is 0 Å². The molecule has 1 fully saturated rings. The van der Waals surface area contributed by atoms with E-state index in [4.69, 9.17) is 5.26 Å². The summed E-state index contributed by atoms with van der Waals surface area (Å²) in [5.41, 5.74) is 0.708. The first-order valence-electron chi connectivity index (χ1n) is 6.88. The minimum absolute atomic E-state index is 0.0298. The van der Waals surface area contributed by atoms with Gasteiger partial charge in [-0.05, 0) is 50.2 Å². The van der Waals surface area contributed by atoms with E-state index >= 15 is 0 Å². The van der Waals surface area contributed by atoms with Crippen LogP contribution in [0.3, 0.4) is 0 Å². The molecule has 106 valence electrons. The number of aromatic hydroxyl groups is 1. The Morgan fingerprint density at radius 3 is 2.60 bits per heavy atom. The first-order chi connectivity index (χ1) is 9.69. The number of benzene rings is 1. The van der Waals surface area contributed by atoms with Crippen molar-refractivity contribution in [3.8, 4) is 11.8 Å². The summed E-state index contributed by atoms with van der Waals surface area (Å²) < 4.78 is 0. The molecule has 1 saturated heterocycles.